The summed E-state index contributed by atoms with van der Waals surface area (Å²) in [5, 5.41) is 3.61. The van der Waals surface area contributed by atoms with Crippen LogP contribution in [0.1, 0.15) is 60.3 Å². The Hall–Kier alpha value is -0.300. The Balaban J connectivity index is 4.43. The lowest BCUT2D eigenvalue weighted by atomic mass is 9.89. The van der Waals surface area contributed by atoms with Crippen LogP contribution >= 0.6 is 0 Å². The number of hydrogen-bond donors (Lipinski definition) is 1. The highest BCUT2D eigenvalue weighted by atomic mass is 14.9. The monoisotopic (exact) mass is 211 g/mol. The summed E-state index contributed by atoms with van der Waals surface area (Å²) >= 11 is 0. The summed E-state index contributed by atoms with van der Waals surface area (Å²) < 4.78 is 0. The van der Waals surface area contributed by atoms with Crippen molar-refractivity contribution in [2.45, 2.75) is 66.3 Å². The molecule has 1 nitrogen and oxygen atoms in total. The normalized spacial score (nSPS) is 12.9. The van der Waals surface area contributed by atoms with Crippen LogP contribution in [0.15, 0.2) is 11.6 Å². The molecule has 0 aliphatic carbocycles. The van der Waals surface area contributed by atoms with Crippen LogP contribution in [-0.2, 0) is 0 Å². The SMILES string of the molecule is CCCC(CCC)C(C=C(C)C)NCC. The van der Waals surface area contributed by atoms with Crippen molar-refractivity contribution in [3.8, 4) is 0 Å². The molecule has 15 heavy (non-hydrogen) atoms. The van der Waals surface area contributed by atoms with Crippen LogP contribution < -0.4 is 5.32 Å². The van der Waals surface area contributed by atoms with Crippen LogP contribution in [0.3, 0.4) is 0 Å². The van der Waals surface area contributed by atoms with Crippen LogP contribution in [0.5, 0.6) is 0 Å². The molecule has 1 heteroatoms. The summed E-state index contributed by atoms with van der Waals surface area (Å²) in [7, 11) is 0. The number of allylic oxidation sites excluding steroid dienone is 1. The van der Waals surface area contributed by atoms with Crippen molar-refractivity contribution < 1.29 is 0 Å². The molecule has 0 saturated heterocycles. The van der Waals surface area contributed by atoms with Gasteiger partial charge in [0.15, 0.2) is 0 Å². The second-order valence-electron chi connectivity index (χ2n) is 4.66. The highest BCUT2D eigenvalue weighted by Gasteiger charge is 2.16. The summed E-state index contributed by atoms with van der Waals surface area (Å²) in [6, 6.07) is 0.583. The molecule has 0 saturated carbocycles. The fraction of sp³-hybridized carbons (Fsp3) is 0.857. The molecule has 1 N–H and O–H groups in total. The molecule has 0 heterocycles. The standard InChI is InChI=1S/C14H29N/c1-6-9-13(10-7-2)14(15-8-3)11-12(4)5/h11,13-15H,6-10H2,1-5H3. The third kappa shape index (κ3) is 6.72. The van der Waals surface area contributed by atoms with Gasteiger partial charge in [-0.15, -0.1) is 0 Å². The lowest BCUT2D eigenvalue weighted by molar-refractivity contribution is 0.356. The molecule has 1 unspecified atom stereocenters. The molecule has 0 aliphatic rings. The van der Waals surface area contributed by atoms with E-state index < -0.39 is 0 Å². The number of hydrogen-bond acceptors (Lipinski definition) is 1. The minimum atomic E-state index is 0.583. The fourth-order valence-corrected chi connectivity index (χ4v) is 2.20. The van der Waals surface area contributed by atoms with Crippen molar-refractivity contribution in [1.29, 1.82) is 0 Å². The first-order valence-corrected chi connectivity index (χ1v) is 6.54. The molecule has 0 radical (unpaired) electrons. The van der Waals surface area contributed by atoms with Gasteiger partial charge in [0.25, 0.3) is 0 Å². The third-order valence-electron chi connectivity index (χ3n) is 2.78. The molecule has 0 fully saturated rings. The topological polar surface area (TPSA) is 12.0 Å². The molecule has 0 aromatic rings. The average molecular weight is 211 g/mol. The van der Waals surface area contributed by atoms with Crippen LogP contribution in [-0.4, -0.2) is 12.6 Å². The number of rotatable bonds is 8. The molecule has 0 bridgehead atoms. The van der Waals surface area contributed by atoms with Gasteiger partial charge in [0.1, 0.15) is 0 Å². The van der Waals surface area contributed by atoms with E-state index in [0.29, 0.717) is 6.04 Å². The van der Waals surface area contributed by atoms with Gasteiger partial charge in [-0.25, -0.2) is 0 Å². The van der Waals surface area contributed by atoms with Crippen molar-refractivity contribution in [2.75, 3.05) is 6.54 Å². The Morgan fingerprint density at radius 3 is 1.93 bits per heavy atom. The quantitative estimate of drug-likeness (QED) is 0.595. The zero-order chi connectivity index (χ0) is 11.7. The van der Waals surface area contributed by atoms with Gasteiger partial charge in [-0.05, 0) is 39.2 Å². The third-order valence-corrected chi connectivity index (χ3v) is 2.78. The van der Waals surface area contributed by atoms with Crippen molar-refractivity contribution in [2.24, 2.45) is 5.92 Å². The van der Waals surface area contributed by atoms with E-state index in [-0.39, 0.29) is 0 Å². The molecule has 0 rings (SSSR count). The van der Waals surface area contributed by atoms with Gasteiger partial charge in [-0.3, -0.25) is 0 Å². The Morgan fingerprint density at radius 1 is 1.07 bits per heavy atom. The van der Waals surface area contributed by atoms with Gasteiger partial charge in [0, 0.05) is 6.04 Å². The summed E-state index contributed by atoms with van der Waals surface area (Å²) in [6.07, 6.45) is 7.68. The minimum Gasteiger partial charge on any atom is -0.311 e. The van der Waals surface area contributed by atoms with Crippen molar-refractivity contribution in [3.63, 3.8) is 0 Å². The van der Waals surface area contributed by atoms with Crippen LogP contribution in [0, 0.1) is 5.92 Å². The Kier molecular flexibility index (Phi) is 8.79. The fourth-order valence-electron chi connectivity index (χ4n) is 2.20. The minimum absolute atomic E-state index is 0.583. The maximum absolute atomic E-state index is 3.61. The summed E-state index contributed by atoms with van der Waals surface area (Å²) in [5.41, 5.74) is 1.43. The second-order valence-corrected chi connectivity index (χ2v) is 4.66. The van der Waals surface area contributed by atoms with Crippen molar-refractivity contribution in [3.05, 3.63) is 11.6 Å². The highest BCUT2D eigenvalue weighted by molar-refractivity contribution is 5.03. The first kappa shape index (κ1) is 14.7. The molecule has 0 aliphatic heterocycles. The summed E-state index contributed by atoms with van der Waals surface area (Å²) in [5.74, 6) is 0.815. The predicted octanol–water partition coefficient (Wildman–Crippen LogP) is 4.15. The molecule has 0 aromatic carbocycles. The van der Waals surface area contributed by atoms with Gasteiger partial charge < -0.3 is 5.32 Å². The van der Waals surface area contributed by atoms with Crippen LogP contribution in [0.2, 0.25) is 0 Å². The van der Waals surface area contributed by atoms with E-state index >= 15 is 0 Å². The molecule has 1 atom stereocenters. The molecular weight excluding hydrogens is 182 g/mol. The number of likely N-dealkylation sites (N-methyl/N-ethyl adjacent to an activating group) is 1. The lowest BCUT2D eigenvalue weighted by Gasteiger charge is -2.25. The average Bonchev–Trinajstić information content (AvgIpc) is 2.16. The largest absolute Gasteiger partial charge is 0.311 e. The van der Waals surface area contributed by atoms with E-state index in [0.717, 1.165) is 12.5 Å². The van der Waals surface area contributed by atoms with E-state index in [2.05, 4.69) is 46.0 Å². The maximum atomic E-state index is 3.61. The maximum Gasteiger partial charge on any atom is 0.0280 e. The zero-order valence-corrected chi connectivity index (χ0v) is 11.3. The molecule has 0 spiro atoms. The summed E-state index contributed by atoms with van der Waals surface area (Å²) in [4.78, 5) is 0. The van der Waals surface area contributed by atoms with E-state index in [9.17, 15) is 0 Å². The summed E-state index contributed by atoms with van der Waals surface area (Å²) in [6.45, 7) is 12.2. The molecule has 90 valence electrons. The Bertz CT molecular complexity index is 162. The smallest absolute Gasteiger partial charge is 0.0280 e. The van der Waals surface area contributed by atoms with Crippen molar-refractivity contribution >= 4 is 0 Å². The van der Waals surface area contributed by atoms with Gasteiger partial charge in [-0.1, -0.05) is 45.3 Å². The highest BCUT2D eigenvalue weighted by Crippen LogP contribution is 2.19. The van der Waals surface area contributed by atoms with Gasteiger partial charge >= 0.3 is 0 Å². The molecule has 0 amide bonds. The Labute approximate surface area is 96.3 Å². The lowest BCUT2D eigenvalue weighted by Crippen LogP contribution is -2.34. The van der Waals surface area contributed by atoms with Crippen molar-refractivity contribution in [1.82, 2.24) is 5.32 Å². The molecular formula is C14H29N. The van der Waals surface area contributed by atoms with Gasteiger partial charge in [-0.2, -0.15) is 0 Å². The predicted molar refractivity (Wildman–Crippen MR) is 70.2 cm³/mol. The number of nitrogens with one attached hydrogen (secondary N) is 1. The van der Waals surface area contributed by atoms with E-state index in [1.165, 1.54) is 31.3 Å². The zero-order valence-electron chi connectivity index (χ0n) is 11.3. The van der Waals surface area contributed by atoms with E-state index in [1.54, 1.807) is 0 Å². The molecule has 0 aromatic heterocycles. The first-order chi connectivity index (χ1) is 7.15. The first-order valence-electron chi connectivity index (χ1n) is 6.54. The van der Waals surface area contributed by atoms with E-state index in [1.807, 2.05) is 0 Å². The van der Waals surface area contributed by atoms with Gasteiger partial charge in [0.2, 0.25) is 0 Å². The Morgan fingerprint density at radius 2 is 1.60 bits per heavy atom. The van der Waals surface area contributed by atoms with E-state index in [4.69, 9.17) is 0 Å². The van der Waals surface area contributed by atoms with Gasteiger partial charge in [0.05, 0.1) is 0 Å². The van der Waals surface area contributed by atoms with Crippen LogP contribution in [0.4, 0.5) is 0 Å². The van der Waals surface area contributed by atoms with Crippen LogP contribution in [0.25, 0.3) is 0 Å². The second kappa shape index (κ2) is 8.96.